The fraction of sp³-hybridized carbons (Fsp3) is 0.667. The van der Waals surface area contributed by atoms with Gasteiger partial charge >= 0.3 is 0 Å². The summed E-state index contributed by atoms with van der Waals surface area (Å²) in [6.07, 6.45) is 5.58. The number of rotatable bonds is 8. The Bertz CT molecular complexity index is 587. The quantitative estimate of drug-likeness (QED) is 0.590. The molecule has 1 aliphatic carbocycles. The fourth-order valence-electron chi connectivity index (χ4n) is 4.08. The Hall–Kier alpha value is -1.30. The number of carbonyl (C=O) groups excluding carboxylic acids is 1. The number of ether oxygens (including phenoxy) is 1. The lowest BCUT2D eigenvalue weighted by Crippen LogP contribution is -2.52. The van der Waals surface area contributed by atoms with Gasteiger partial charge in [-0.05, 0) is 69.2 Å². The van der Waals surface area contributed by atoms with Crippen LogP contribution in [0.2, 0.25) is 0 Å². The van der Waals surface area contributed by atoms with E-state index < -0.39 is 0 Å². The van der Waals surface area contributed by atoms with Crippen LogP contribution >= 0.6 is 12.4 Å². The second-order valence-corrected chi connectivity index (χ2v) is 7.67. The Balaban J connectivity index is 0.00000261. The standard InChI is InChI=1S/C21H32N2O3.ClH/c1-2-3-12-26-19-7-5-4-6-18(19)21(25)23-20(16-13-17(24)14-16)15-8-10-22-11-9-15;/h4-7,15-17,20,22,24H,2-3,8-14H2,1H3,(H,23,25);1H. The number of aliphatic hydroxyl groups is 1. The molecule has 0 radical (unpaired) electrons. The number of aliphatic hydroxyl groups excluding tert-OH is 1. The van der Waals surface area contributed by atoms with E-state index in [0.717, 1.165) is 51.6 Å². The van der Waals surface area contributed by atoms with Crippen LogP contribution in [-0.4, -0.2) is 42.9 Å². The van der Waals surface area contributed by atoms with Crippen molar-refractivity contribution in [2.24, 2.45) is 11.8 Å². The van der Waals surface area contributed by atoms with E-state index in [9.17, 15) is 9.90 Å². The lowest BCUT2D eigenvalue weighted by atomic mass is 9.71. The van der Waals surface area contributed by atoms with Crippen LogP contribution in [0.5, 0.6) is 5.75 Å². The summed E-state index contributed by atoms with van der Waals surface area (Å²) in [7, 11) is 0. The first kappa shape index (κ1) is 22.0. The number of carbonyl (C=O) groups is 1. The summed E-state index contributed by atoms with van der Waals surface area (Å²) >= 11 is 0. The predicted octanol–water partition coefficient (Wildman–Crippen LogP) is 3.16. The number of hydrogen-bond acceptors (Lipinski definition) is 4. The van der Waals surface area contributed by atoms with Crippen LogP contribution in [0.25, 0.3) is 0 Å². The molecule has 2 fully saturated rings. The van der Waals surface area contributed by atoms with Gasteiger partial charge in [-0.2, -0.15) is 0 Å². The topological polar surface area (TPSA) is 70.6 Å². The number of halogens is 1. The fourth-order valence-corrected chi connectivity index (χ4v) is 4.08. The summed E-state index contributed by atoms with van der Waals surface area (Å²) in [4.78, 5) is 13.0. The van der Waals surface area contributed by atoms with E-state index in [2.05, 4.69) is 17.6 Å². The van der Waals surface area contributed by atoms with Crippen molar-refractivity contribution in [3.05, 3.63) is 29.8 Å². The molecule has 5 nitrogen and oxygen atoms in total. The Morgan fingerprint density at radius 1 is 1.26 bits per heavy atom. The summed E-state index contributed by atoms with van der Waals surface area (Å²) in [5, 5.41) is 16.4. The third-order valence-electron chi connectivity index (χ3n) is 5.73. The van der Waals surface area contributed by atoms with Crippen molar-refractivity contribution in [1.29, 1.82) is 0 Å². The molecule has 1 aromatic carbocycles. The summed E-state index contributed by atoms with van der Waals surface area (Å²) in [6.45, 7) is 4.76. The number of amides is 1. The monoisotopic (exact) mass is 396 g/mol. The summed E-state index contributed by atoms with van der Waals surface area (Å²) < 4.78 is 5.83. The van der Waals surface area contributed by atoms with Gasteiger partial charge in [-0.25, -0.2) is 0 Å². The molecule has 1 unspecified atom stereocenters. The molecular weight excluding hydrogens is 364 g/mol. The van der Waals surface area contributed by atoms with E-state index in [1.54, 1.807) is 0 Å². The molecule has 27 heavy (non-hydrogen) atoms. The molecule has 1 saturated heterocycles. The zero-order valence-electron chi connectivity index (χ0n) is 16.2. The number of nitrogens with one attached hydrogen (secondary N) is 2. The van der Waals surface area contributed by atoms with Gasteiger partial charge in [-0.15, -0.1) is 12.4 Å². The minimum Gasteiger partial charge on any atom is -0.493 e. The molecule has 6 heteroatoms. The highest BCUT2D eigenvalue weighted by atomic mass is 35.5. The number of hydrogen-bond donors (Lipinski definition) is 3. The first-order chi connectivity index (χ1) is 12.7. The largest absolute Gasteiger partial charge is 0.493 e. The van der Waals surface area contributed by atoms with Crippen LogP contribution in [0, 0.1) is 11.8 Å². The van der Waals surface area contributed by atoms with Gasteiger partial charge in [0.15, 0.2) is 0 Å². The van der Waals surface area contributed by atoms with E-state index in [1.807, 2.05) is 24.3 Å². The first-order valence-electron chi connectivity index (χ1n) is 10.1. The van der Waals surface area contributed by atoms with Crippen LogP contribution < -0.4 is 15.4 Å². The Labute approximate surface area is 168 Å². The molecule has 0 aromatic heterocycles. The predicted molar refractivity (Wildman–Crippen MR) is 110 cm³/mol. The molecule has 1 heterocycles. The summed E-state index contributed by atoms with van der Waals surface area (Å²) in [5.74, 6) is 1.47. The molecule has 3 N–H and O–H groups in total. The zero-order chi connectivity index (χ0) is 18.4. The highest BCUT2D eigenvalue weighted by Crippen LogP contribution is 2.36. The molecule has 1 atom stereocenters. The van der Waals surface area contributed by atoms with E-state index in [4.69, 9.17) is 4.74 Å². The van der Waals surface area contributed by atoms with Crippen LogP contribution in [-0.2, 0) is 0 Å². The minimum atomic E-state index is -0.203. The summed E-state index contributed by atoms with van der Waals surface area (Å²) in [6, 6.07) is 7.64. The van der Waals surface area contributed by atoms with Gasteiger partial charge in [-0.3, -0.25) is 4.79 Å². The van der Waals surface area contributed by atoms with Crippen molar-refractivity contribution in [2.45, 2.75) is 57.6 Å². The van der Waals surface area contributed by atoms with E-state index in [0.29, 0.717) is 29.8 Å². The maximum absolute atomic E-state index is 13.0. The second-order valence-electron chi connectivity index (χ2n) is 7.67. The van der Waals surface area contributed by atoms with Crippen molar-refractivity contribution in [2.75, 3.05) is 19.7 Å². The maximum Gasteiger partial charge on any atom is 0.255 e. The van der Waals surface area contributed by atoms with Crippen molar-refractivity contribution in [1.82, 2.24) is 10.6 Å². The average Bonchev–Trinajstić information content (AvgIpc) is 2.65. The summed E-state index contributed by atoms with van der Waals surface area (Å²) in [5.41, 5.74) is 0.613. The molecule has 2 aliphatic rings. The first-order valence-corrected chi connectivity index (χ1v) is 10.1. The third kappa shape index (κ3) is 5.84. The van der Waals surface area contributed by atoms with E-state index in [1.165, 1.54) is 0 Å². The van der Waals surface area contributed by atoms with Gasteiger partial charge in [0, 0.05) is 6.04 Å². The van der Waals surface area contributed by atoms with Crippen LogP contribution in [0.1, 0.15) is 55.8 Å². The number of para-hydroxylation sites is 1. The van der Waals surface area contributed by atoms with Crippen molar-refractivity contribution in [3.63, 3.8) is 0 Å². The van der Waals surface area contributed by atoms with E-state index in [-0.39, 0.29) is 30.5 Å². The number of piperidine rings is 1. The van der Waals surface area contributed by atoms with Crippen LogP contribution in [0.3, 0.4) is 0 Å². The second kappa shape index (κ2) is 10.9. The molecule has 0 spiro atoms. The van der Waals surface area contributed by atoms with Gasteiger partial charge < -0.3 is 20.5 Å². The molecule has 152 valence electrons. The molecule has 1 saturated carbocycles. The van der Waals surface area contributed by atoms with Gasteiger partial charge in [0.2, 0.25) is 0 Å². The maximum atomic E-state index is 13.0. The lowest BCUT2D eigenvalue weighted by molar-refractivity contribution is 0.00915. The molecular formula is C21H33ClN2O3. The smallest absolute Gasteiger partial charge is 0.255 e. The van der Waals surface area contributed by atoms with Gasteiger partial charge in [0.1, 0.15) is 5.75 Å². The lowest BCUT2D eigenvalue weighted by Gasteiger charge is -2.43. The Morgan fingerprint density at radius 2 is 1.96 bits per heavy atom. The van der Waals surface area contributed by atoms with Crippen molar-refractivity contribution >= 4 is 18.3 Å². The molecule has 1 amide bonds. The average molecular weight is 397 g/mol. The number of benzene rings is 1. The van der Waals surface area contributed by atoms with Gasteiger partial charge in [-0.1, -0.05) is 25.5 Å². The van der Waals surface area contributed by atoms with Crippen LogP contribution in [0.15, 0.2) is 24.3 Å². The Morgan fingerprint density at radius 3 is 2.63 bits per heavy atom. The zero-order valence-corrected chi connectivity index (χ0v) is 17.0. The molecule has 3 rings (SSSR count). The van der Waals surface area contributed by atoms with Gasteiger partial charge in [0.05, 0.1) is 18.3 Å². The van der Waals surface area contributed by atoms with Gasteiger partial charge in [0.25, 0.3) is 5.91 Å². The minimum absolute atomic E-state index is 0. The molecule has 0 bridgehead atoms. The van der Waals surface area contributed by atoms with Crippen molar-refractivity contribution < 1.29 is 14.6 Å². The van der Waals surface area contributed by atoms with Crippen LogP contribution in [0.4, 0.5) is 0 Å². The van der Waals surface area contributed by atoms with E-state index >= 15 is 0 Å². The Kier molecular flexibility index (Phi) is 8.87. The molecule has 1 aromatic rings. The highest BCUT2D eigenvalue weighted by Gasteiger charge is 2.39. The third-order valence-corrected chi connectivity index (χ3v) is 5.73. The molecule has 1 aliphatic heterocycles. The SMILES string of the molecule is CCCCOc1ccccc1C(=O)NC(C1CCNCC1)C1CC(O)C1.Cl. The highest BCUT2D eigenvalue weighted by molar-refractivity contribution is 5.97. The normalized spacial score (nSPS) is 23.6. The van der Waals surface area contributed by atoms with Crippen molar-refractivity contribution in [3.8, 4) is 5.75 Å². The number of unbranched alkanes of at least 4 members (excludes halogenated alkanes) is 1.